The van der Waals surface area contributed by atoms with Gasteiger partial charge in [-0.3, -0.25) is 4.68 Å². The van der Waals surface area contributed by atoms with Crippen LogP contribution >= 0.6 is 11.3 Å². The molecule has 0 fully saturated rings. The Balaban J connectivity index is 1.82. The molecule has 3 aromatic rings. The number of aryl methyl sites for hydroxylation is 1. The third-order valence-electron chi connectivity index (χ3n) is 3.07. The molecular formula is C15H13N3O2S. The summed E-state index contributed by atoms with van der Waals surface area (Å²) in [6.07, 6.45) is 1.54. The van der Waals surface area contributed by atoms with Crippen molar-refractivity contribution < 1.29 is 9.90 Å². The number of carboxylic acids is 1. The fraction of sp³-hybridized carbons (Fsp3) is 0.133. The van der Waals surface area contributed by atoms with Gasteiger partial charge in [-0.25, -0.2) is 9.78 Å². The smallest absolute Gasteiger partial charge is 0.339 e. The molecule has 21 heavy (non-hydrogen) atoms. The normalized spacial score (nSPS) is 10.7. The van der Waals surface area contributed by atoms with Crippen molar-refractivity contribution in [3.05, 3.63) is 58.9 Å². The molecule has 2 heterocycles. The highest BCUT2D eigenvalue weighted by molar-refractivity contribution is 7.13. The van der Waals surface area contributed by atoms with E-state index in [1.165, 1.54) is 0 Å². The maximum absolute atomic E-state index is 11.0. The Morgan fingerprint density at radius 3 is 2.76 bits per heavy atom. The Morgan fingerprint density at radius 1 is 1.33 bits per heavy atom. The second kappa shape index (κ2) is 5.49. The fourth-order valence-corrected chi connectivity index (χ4v) is 2.88. The largest absolute Gasteiger partial charge is 0.478 e. The van der Waals surface area contributed by atoms with Crippen LogP contribution < -0.4 is 0 Å². The number of benzene rings is 1. The van der Waals surface area contributed by atoms with Crippen molar-refractivity contribution in [2.75, 3.05) is 0 Å². The fourth-order valence-electron chi connectivity index (χ4n) is 2.07. The van der Waals surface area contributed by atoms with Crippen LogP contribution in [0.1, 0.15) is 21.7 Å². The van der Waals surface area contributed by atoms with E-state index in [9.17, 15) is 4.79 Å². The molecule has 0 amide bonds. The number of aromatic carboxylic acids is 1. The average molecular weight is 299 g/mol. The van der Waals surface area contributed by atoms with Crippen LogP contribution in [-0.4, -0.2) is 25.8 Å². The first-order chi connectivity index (χ1) is 10.1. The quantitative estimate of drug-likeness (QED) is 0.804. The first kappa shape index (κ1) is 13.5. The summed E-state index contributed by atoms with van der Waals surface area (Å²) in [6.45, 7) is 2.16. The summed E-state index contributed by atoms with van der Waals surface area (Å²) >= 11 is 1.57. The number of nitrogens with zero attached hydrogens (tertiary/aromatic N) is 3. The number of rotatable bonds is 4. The van der Waals surface area contributed by atoms with Gasteiger partial charge in [-0.1, -0.05) is 30.3 Å². The van der Waals surface area contributed by atoms with E-state index in [2.05, 4.69) is 10.1 Å². The summed E-state index contributed by atoms with van der Waals surface area (Å²) in [7, 11) is 0. The number of hydrogen-bond acceptors (Lipinski definition) is 4. The van der Waals surface area contributed by atoms with Gasteiger partial charge in [-0.15, -0.1) is 11.3 Å². The summed E-state index contributed by atoms with van der Waals surface area (Å²) in [4.78, 5) is 15.6. The van der Waals surface area contributed by atoms with Crippen molar-refractivity contribution in [3.63, 3.8) is 0 Å². The highest BCUT2D eigenvalue weighted by Gasteiger charge is 2.12. The minimum atomic E-state index is -0.956. The maximum Gasteiger partial charge on any atom is 0.339 e. The van der Waals surface area contributed by atoms with E-state index in [0.29, 0.717) is 12.2 Å². The van der Waals surface area contributed by atoms with Gasteiger partial charge in [0, 0.05) is 17.1 Å². The third-order valence-corrected chi connectivity index (χ3v) is 4.01. The van der Waals surface area contributed by atoms with Gasteiger partial charge in [0.05, 0.1) is 17.9 Å². The lowest BCUT2D eigenvalue weighted by Gasteiger charge is -1.97. The van der Waals surface area contributed by atoms with E-state index in [-0.39, 0.29) is 5.56 Å². The second-order valence-electron chi connectivity index (χ2n) is 4.64. The van der Waals surface area contributed by atoms with Crippen LogP contribution in [0, 0.1) is 6.92 Å². The maximum atomic E-state index is 11.0. The summed E-state index contributed by atoms with van der Waals surface area (Å²) in [5.74, 6) is -0.956. The van der Waals surface area contributed by atoms with Gasteiger partial charge in [0.15, 0.2) is 0 Å². The van der Waals surface area contributed by atoms with Gasteiger partial charge in [0.1, 0.15) is 10.6 Å². The number of thiazole rings is 1. The lowest BCUT2D eigenvalue weighted by atomic mass is 10.2. The molecule has 0 bridgehead atoms. The van der Waals surface area contributed by atoms with Crippen LogP contribution in [0.5, 0.6) is 0 Å². The Morgan fingerprint density at radius 2 is 2.10 bits per heavy atom. The molecule has 0 saturated carbocycles. The third kappa shape index (κ3) is 2.85. The highest BCUT2D eigenvalue weighted by Crippen LogP contribution is 2.23. The molecule has 6 heteroatoms. The van der Waals surface area contributed by atoms with E-state index >= 15 is 0 Å². The average Bonchev–Trinajstić information content (AvgIpc) is 3.07. The van der Waals surface area contributed by atoms with Gasteiger partial charge < -0.3 is 5.11 Å². The Hall–Kier alpha value is -2.47. The number of hydrogen-bond donors (Lipinski definition) is 1. The van der Waals surface area contributed by atoms with Crippen LogP contribution in [0.2, 0.25) is 0 Å². The molecule has 1 N–H and O–H groups in total. The van der Waals surface area contributed by atoms with E-state index in [0.717, 1.165) is 16.3 Å². The first-order valence-electron chi connectivity index (χ1n) is 6.40. The van der Waals surface area contributed by atoms with Crippen LogP contribution in [0.4, 0.5) is 0 Å². The van der Waals surface area contributed by atoms with Gasteiger partial charge >= 0.3 is 5.97 Å². The molecule has 106 valence electrons. The van der Waals surface area contributed by atoms with E-state index in [4.69, 9.17) is 5.11 Å². The molecule has 0 saturated heterocycles. The number of carboxylic acid groups (broad SMARTS) is 1. The molecular weight excluding hydrogens is 286 g/mol. The van der Waals surface area contributed by atoms with Crippen LogP contribution in [0.3, 0.4) is 0 Å². The molecule has 0 unspecified atom stereocenters. The van der Waals surface area contributed by atoms with Crippen LogP contribution in [0.15, 0.2) is 41.9 Å². The molecule has 0 spiro atoms. The standard InChI is InChI=1S/C15H13N3O2S/c1-10-13(15(19)20)8-18(17-10)7-12-9-21-14(16-12)11-5-3-2-4-6-11/h2-6,8-9H,7H2,1H3,(H,19,20). The summed E-state index contributed by atoms with van der Waals surface area (Å²) in [5, 5.41) is 16.2. The van der Waals surface area contributed by atoms with Gasteiger partial charge in [-0.05, 0) is 6.92 Å². The van der Waals surface area contributed by atoms with E-state index in [1.807, 2.05) is 35.7 Å². The Kier molecular flexibility index (Phi) is 3.53. The number of aromatic nitrogens is 3. The predicted octanol–water partition coefficient (Wildman–Crippen LogP) is 3.06. The molecule has 0 radical (unpaired) electrons. The zero-order valence-electron chi connectivity index (χ0n) is 11.4. The van der Waals surface area contributed by atoms with Gasteiger partial charge in [0.2, 0.25) is 0 Å². The molecule has 2 aromatic heterocycles. The van der Waals surface area contributed by atoms with E-state index < -0.39 is 5.97 Å². The Labute approximate surface area is 125 Å². The van der Waals surface area contributed by atoms with Crippen molar-refractivity contribution in [2.45, 2.75) is 13.5 Å². The topological polar surface area (TPSA) is 68.0 Å². The minimum Gasteiger partial charge on any atom is -0.478 e. The van der Waals surface area contributed by atoms with Crippen molar-refractivity contribution in [2.24, 2.45) is 0 Å². The molecule has 3 rings (SSSR count). The van der Waals surface area contributed by atoms with Gasteiger partial charge in [0.25, 0.3) is 0 Å². The van der Waals surface area contributed by atoms with Crippen LogP contribution in [-0.2, 0) is 6.54 Å². The molecule has 0 aliphatic carbocycles. The molecule has 5 nitrogen and oxygen atoms in total. The van der Waals surface area contributed by atoms with Crippen molar-refractivity contribution >= 4 is 17.3 Å². The zero-order valence-corrected chi connectivity index (χ0v) is 12.2. The van der Waals surface area contributed by atoms with Crippen LogP contribution in [0.25, 0.3) is 10.6 Å². The summed E-state index contributed by atoms with van der Waals surface area (Å²) in [6, 6.07) is 9.96. The molecule has 0 atom stereocenters. The summed E-state index contributed by atoms with van der Waals surface area (Å²) < 4.78 is 1.61. The zero-order chi connectivity index (χ0) is 14.8. The highest BCUT2D eigenvalue weighted by atomic mass is 32.1. The second-order valence-corrected chi connectivity index (χ2v) is 5.50. The molecule has 1 aromatic carbocycles. The van der Waals surface area contributed by atoms with Crippen molar-refractivity contribution in [1.29, 1.82) is 0 Å². The van der Waals surface area contributed by atoms with E-state index in [1.54, 1.807) is 29.1 Å². The molecule has 0 aliphatic heterocycles. The lowest BCUT2D eigenvalue weighted by Crippen LogP contribution is -2.00. The SMILES string of the molecule is Cc1nn(Cc2csc(-c3ccccc3)n2)cc1C(=O)O. The predicted molar refractivity (Wildman–Crippen MR) is 80.6 cm³/mol. The van der Waals surface area contributed by atoms with Crippen molar-refractivity contribution in [3.8, 4) is 10.6 Å². The lowest BCUT2D eigenvalue weighted by molar-refractivity contribution is 0.0696. The Bertz CT molecular complexity index is 777. The van der Waals surface area contributed by atoms with Crippen molar-refractivity contribution in [1.82, 2.24) is 14.8 Å². The first-order valence-corrected chi connectivity index (χ1v) is 7.28. The van der Waals surface area contributed by atoms with Gasteiger partial charge in [-0.2, -0.15) is 5.10 Å². The monoisotopic (exact) mass is 299 g/mol. The summed E-state index contributed by atoms with van der Waals surface area (Å²) in [5.41, 5.74) is 2.70. The number of carbonyl (C=O) groups is 1. The molecule has 0 aliphatic rings. The minimum absolute atomic E-state index is 0.230.